The van der Waals surface area contributed by atoms with Gasteiger partial charge in [-0.15, -0.1) is 0 Å². The summed E-state index contributed by atoms with van der Waals surface area (Å²) in [4.78, 5) is 0.0931. The summed E-state index contributed by atoms with van der Waals surface area (Å²) in [5.41, 5.74) is 0. The molecule has 0 aliphatic carbocycles. The minimum atomic E-state index is -3.77. The van der Waals surface area contributed by atoms with Crippen molar-refractivity contribution in [2.75, 3.05) is 13.1 Å². The van der Waals surface area contributed by atoms with Gasteiger partial charge in [0.1, 0.15) is 0 Å². The highest BCUT2D eigenvalue weighted by atomic mass is 32.2. The molecule has 1 aromatic rings. The fraction of sp³-hybridized carbons (Fsp3) is 0.455. The minimum Gasteiger partial charge on any atom is -0.316 e. The molecule has 0 bridgehead atoms. The second kappa shape index (κ2) is 4.72. The molecule has 1 aliphatic rings. The maximum atomic E-state index is 14.2. The number of benzene rings is 1. The average molecular weight is 258 g/mol. The molecule has 0 radical (unpaired) electrons. The molecular formula is C11H15FN2O2S. The largest absolute Gasteiger partial charge is 0.316 e. The van der Waals surface area contributed by atoms with E-state index in [0.29, 0.717) is 13.1 Å². The third kappa shape index (κ3) is 3.02. The molecule has 4 nitrogen and oxygen atoms in total. The van der Waals surface area contributed by atoms with E-state index >= 15 is 0 Å². The molecule has 0 unspecified atom stereocenters. The molecule has 0 saturated carbocycles. The number of sulfonamides is 1. The van der Waals surface area contributed by atoms with Crippen molar-refractivity contribution < 1.29 is 12.8 Å². The smallest absolute Gasteiger partial charge is 0.243 e. The summed E-state index contributed by atoms with van der Waals surface area (Å²) < 4.78 is 40.2. The highest BCUT2D eigenvalue weighted by molar-refractivity contribution is 7.89. The van der Waals surface area contributed by atoms with E-state index in [0.717, 1.165) is 0 Å². The van der Waals surface area contributed by atoms with Crippen molar-refractivity contribution in [2.45, 2.75) is 23.5 Å². The van der Waals surface area contributed by atoms with E-state index < -0.39 is 15.8 Å². The second-order valence-electron chi connectivity index (χ2n) is 4.13. The molecule has 0 amide bonds. The van der Waals surface area contributed by atoms with E-state index in [-0.39, 0.29) is 17.7 Å². The topological polar surface area (TPSA) is 58.2 Å². The molecular weight excluding hydrogens is 243 g/mol. The van der Waals surface area contributed by atoms with Crippen LogP contribution in [0.2, 0.25) is 0 Å². The third-order valence-electron chi connectivity index (χ3n) is 2.77. The number of alkyl halides is 1. The molecule has 2 N–H and O–H groups in total. The van der Waals surface area contributed by atoms with Crippen LogP contribution >= 0.6 is 0 Å². The SMILES string of the molecule is O=S(=O)(NC1(F)CCNCC1)c1ccccc1. The fourth-order valence-corrected chi connectivity index (χ4v) is 3.14. The van der Waals surface area contributed by atoms with Gasteiger partial charge in [-0.3, -0.25) is 0 Å². The van der Waals surface area contributed by atoms with Crippen LogP contribution in [0.4, 0.5) is 4.39 Å². The Hall–Kier alpha value is -0.980. The van der Waals surface area contributed by atoms with Gasteiger partial charge >= 0.3 is 0 Å². The monoisotopic (exact) mass is 258 g/mol. The van der Waals surface area contributed by atoms with Gasteiger partial charge < -0.3 is 5.32 Å². The first-order valence-corrected chi connectivity index (χ1v) is 6.99. The highest BCUT2D eigenvalue weighted by Crippen LogP contribution is 2.22. The molecule has 2 rings (SSSR count). The van der Waals surface area contributed by atoms with Gasteiger partial charge in [0, 0.05) is 12.8 Å². The Balaban J connectivity index is 2.17. The lowest BCUT2D eigenvalue weighted by Crippen LogP contribution is -2.51. The lowest BCUT2D eigenvalue weighted by Gasteiger charge is -2.30. The maximum absolute atomic E-state index is 14.2. The van der Waals surface area contributed by atoms with Gasteiger partial charge in [-0.1, -0.05) is 18.2 Å². The van der Waals surface area contributed by atoms with Gasteiger partial charge in [0.15, 0.2) is 5.79 Å². The van der Waals surface area contributed by atoms with E-state index in [1.807, 2.05) is 0 Å². The molecule has 1 aliphatic heterocycles. The maximum Gasteiger partial charge on any atom is 0.243 e. The van der Waals surface area contributed by atoms with Crippen LogP contribution < -0.4 is 10.0 Å². The van der Waals surface area contributed by atoms with Crippen molar-refractivity contribution in [3.05, 3.63) is 30.3 Å². The van der Waals surface area contributed by atoms with Crippen LogP contribution in [0.25, 0.3) is 0 Å². The zero-order valence-electron chi connectivity index (χ0n) is 9.32. The van der Waals surface area contributed by atoms with E-state index in [2.05, 4.69) is 10.0 Å². The van der Waals surface area contributed by atoms with E-state index in [4.69, 9.17) is 0 Å². The number of hydrogen-bond acceptors (Lipinski definition) is 3. The van der Waals surface area contributed by atoms with E-state index in [1.165, 1.54) is 12.1 Å². The standard InChI is InChI=1S/C11H15FN2O2S/c12-11(6-8-13-9-7-11)14-17(15,16)10-4-2-1-3-5-10/h1-5,13-14H,6-9H2. The van der Waals surface area contributed by atoms with Crippen molar-refractivity contribution in [3.8, 4) is 0 Å². The first-order valence-electron chi connectivity index (χ1n) is 5.51. The average Bonchev–Trinajstić information content (AvgIpc) is 2.30. The molecule has 17 heavy (non-hydrogen) atoms. The van der Waals surface area contributed by atoms with Gasteiger partial charge in [0.2, 0.25) is 10.0 Å². The summed E-state index contributed by atoms with van der Waals surface area (Å²) in [7, 11) is -3.77. The predicted molar refractivity (Wildman–Crippen MR) is 62.7 cm³/mol. The van der Waals surface area contributed by atoms with Crippen LogP contribution in [0.15, 0.2) is 35.2 Å². The summed E-state index contributed by atoms with van der Waals surface area (Å²) in [6, 6.07) is 7.85. The quantitative estimate of drug-likeness (QED) is 0.796. The summed E-state index contributed by atoms with van der Waals surface area (Å²) in [5, 5.41) is 2.99. The minimum absolute atomic E-state index is 0.0931. The van der Waals surface area contributed by atoms with Crippen molar-refractivity contribution in [3.63, 3.8) is 0 Å². The molecule has 0 spiro atoms. The molecule has 6 heteroatoms. The van der Waals surface area contributed by atoms with Crippen molar-refractivity contribution in [1.29, 1.82) is 0 Å². The molecule has 1 saturated heterocycles. The second-order valence-corrected chi connectivity index (χ2v) is 5.82. The highest BCUT2D eigenvalue weighted by Gasteiger charge is 2.36. The zero-order valence-corrected chi connectivity index (χ0v) is 10.1. The first kappa shape index (κ1) is 12.5. The number of rotatable bonds is 3. The molecule has 0 atom stereocenters. The van der Waals surface area contributed by atoms with Crippen LogP contribution in [-0.4, -0.2) is 27.3 Å². The van der Waals surface area contributed by atoms with Crippen LogP contribution in [0.5, 0.6) is 0 Å². The van der Waals surface area contributed by atoms with E-state index in [9.17, 15) is 12.8 Å². The number of nitrogens with one attached hydrogen (secondary N) is 2. The van der Waals surface area contributed by atoms with Crippen molar-refractivity contribution in [2.24, 2.45) is 0 Å². The van der Waals surface area contributed by atoms with Gasteiger partial charge in [-0.25, -0.2) is 12.8 Å². The Kier molecular flexibility index (Phi) is 3.46. The Bertz CT molecular complexity index is 470. The van der Waals surface area contributed by atoms with Gasteiger partial charge in [0.05, 0.1) is 4.90 Å². The Morgan fingerprint density at radius 1 is 1.18 bits per heavy atom. The molecule has 1 heterocycles. The first-order chi connectivity index (χ1) is 8.02. The van der Waals surface area contributed by atoms with Crippen LogP contribution in [0.1, 0.15) is 12.8 Å². The molecule has 94 valence electrons. The van der Waals surface area contributed by atoms with E-state index in [1.54, 1.807) is 18.2 Å². The summed E-state index contributed by atoms with van der Waals surface area (Å²) >= 11 is 0. The lowest BCUT2D eigenvalue weighted by atomic mass is 10.1. The normalized spacial score (nSPS) is 20.1. The van der Waals surface area contributed by atoms with Gasteiger partial charge in [0.25, 0.3) is 0 Å². The third-order valence-corrected chi connectivity index (χ3v) is 4.29. The van der Waals surface area contributed by atoms with Crippen molar-refractivity contribution >= 4 is 10.0 Å². The van der Waals surface area contributed by atoms with Crippen LogP contribution in [-0.2, 0) is 10.0 Å². The van der Waals surface area contributed by atoms with Gasteiger partial charge in [-0.2, -0.15) is 4.72 Å². The Morgan fingerprint density at radius 3 is 2.35 bits per heavy atom. The molecule has 1 fully saturated rings. The Labute approximate surface area is 100 Å². The predicted octanol–water partition coefficient (Wildman–Crippen LogP) is 1.01. The summed E-state index contributed by atoms with van der Waals surface area (Å²) in [5.74, 6) is -1.83. The number of piperidine rings is 1. The van der Waals surface area contributed by atoms with Crippen molar-refractivity contribution in [1.82, 2.24) is 10.0 Å². The van der Waals surface area contributed by atoms with Crippen LogP contribution in [0, 0.1) is 0 Å². The van der Waals surface area contributed by atoms with Crippen LogP contribution in [0.3, 0.4) is 0 Å². The Morgan fingerprint density at radius 2 is 1.76 bits per heavy atom. The number of hydrogen-bond donors (Lipinski definition) is 2. The number of halogens is 1. The molecule has 1 aromatic carbocycles. The summed E-state index contributed by atoms with van der Waals surface area (Å²) in [6.07, 6.45) is 0.304. The summed E-state index contributed by atoms with van der Waals surface area (Å²) in [6.45, 7) is 0.960. The lowest BCUT2D eigenvalue weighted by molar-refractivity contribution is 0.103. The zero-order chi connectivity index (χ0) is 12.4. The molecule has 0 aromatic heterocycles. The van der Waals surface area contributed by atoms with Gasteiger partial charge in [-0.05, 0) is 25.2 Å². The fourth-order valence-electron chi connectivity index (χ4n) is 1.82.